The number of hydrogen-bond acceptors (Lipinski definition) is 3. The number of rotatable bonds is 6. The molecule has 0 unspecified atom stereocenters. The van der Waals surface area contributed by atoms with Crippen molar-refractivity contribution < 1.29 is 13.9 Å². The summed E-state index contributed by atoms with van der Waals surface area (Å²) in [5.74, 6) is 0.458. The molecule has 2 saturated heterocycles. The molecule has 0 saturated carbocycles. The second kappa shape index (κ2) is 7.64. The van der Waals surface area contributed by atoms with E-state index < -0.39 is 0 Å². The third-order valence-corrected chi connectivity index (χ3v) is 4.51. The predicted octanol–water partition coefficient (Wildman–Crippen LogP) is 2.08. The zero-order valence-corrected chi connectivity index (χ0v) is 13.3. The summed E-state index contributed by atoms with van der Waals surface area (Å²) in [4.78, 5) is 16.2. The number of ether oxygens (including phenoxy) is 1. The minimum Gasteiger partial charge on any atom is -0.494 e. The van der Waals surface area contributed by atoms with E-state index in [9.17, 15) is 9.18 Å². The van der Waals surface area contributed by atoms with Gasteiger partial charge in [0.05, 0.1) is 6.61 Å². The quantitative estimate of drug-likeness (QED) is 0.816. The van der Waals surface area contributed by atoms with Gasteiger partial charge in [0.15, 0.2) is 0 Å². The fourth-order valence-electron chi connectivity index (χ4n) is 3.33. The standard InChI is InChI=1S/C17H24FN3O2/c18-14-4-6-16(7-5-14)23-12-2-10-20-9-1-3-15(13-20)21-11-8-19-17(21)22/h4-7,15H,1-3,8-13H2,(H,19,22)/t15-/m1/s1. The first kappa shape index (κ1) is 16.1. The molecule has 0 bridgehead atoms. The van der Waals surface area contributed by atoms with Gasteiger partial charge >= 0.3 is 6.03 Å². The van der Waals surface area contributed by atoms with Crippen LogP contribution in [0.2, 0.25) is 0 Å². The number of halogens is 1. The molecule has 2 amide bonds. The Balaban J connectivity index is 1.38. The van der Waals surface area contributed by atoms with Gasteiger partial charge < -0.3 is 19.9 Å². The van der Waals surface area contributed by atoms with Crippen LogP contribution in [0.1, 0.15) is 19.3 Å². The average Bonchev–Trinajstić information content (AvgIpc) is 3.00. The molecule has 0 spiro atoms. The Bertz CT molecular complexity index is 523. The van der Waals surface area contributed by atoms with E-state index >= 15 is 0 Å². The van der Waals surface area contributed by atoms with Crippen molar-refractivity contribution in [3.8, 4) is 5.75 Å². The summed E-state index contributed by atoms with van der Waals surface area (Å²) in [5, 5.41) is 2.88. The molecule has 126 valence electrons. The van der Waals surface area contributed by atoms with E-state index in [-0.39, 0.29) is 11.8 Å². The molecule has 5 nitrogen and oxygen atoms in total. The number of piperidine rings is 1. The van der Waals surface area contributed by atoms with Crippen molar-refractivity contribution in [3.63, 3.8) is 0 Å². The van der Waals surface area contributed by atoms with E-state index in [1.165, 1.54) is 12.1 Å². The third-order valence-electron chi connectivity index (χ3n) is 4.51. The smallest absolute Gasteiger partial charge is 0.317 e. The largest absolute Gasteiger partial charge is 0.494 e. The van der Waals surface area contributed by atoms with E-state index in [1.807, 2.05) is 4.90 Å². The van der Waals surface area contributed by atoms with Gasteiger partial charge in [0.25, 0.3) is 0 Å². The van der Waals surface area contributed by atoms with Gasteiger partial charge in [0, 0.05) is 32.2 Å². The van der Waals surface area contributed by atoms with Crippen molar-refractivity contribution in [3.05, 3.63) is 30.1 Å². The fraction of sp³-hybridized carbons (Fsp3) is 0.588. The maximum atomic E-state index is 12.8. The lowest BCUT2D eigenvalue weighted by atomic mass is 10.0. The number of hydrogen-bond donors (Lipinski definition) is 1. The number of benzene rings is 1. The van der Waals surface area contributed by atoms with E-state index in [1.54, 1.807) is 12.1 Å². The highest BCUT2D eigenvalue weighted by atomic mass is 19.1. The van der Waals surface area contributed by atoms with Gasteiger partial charge in [0.1, 0.15) is 11.6 Å². The Labute approximate surface area is 136 Å². The van der Waals surface area contributed by atoms with Crippen LogP contribution >= 0.6 is 0 Å². The van der Waals surface area contributed by atoms with Gasteiger partial charge in [-0.2, -0.15) is 0 Å². The fourth-order valence-corrected chi connectivity index (χ4v) is 3.33. The molecular formula is C17H24FN3O2. The van der Waals surface area contributed by atoms with Crippen molar-refractivity contribution in [2.75, 3.05) is 39.3 Å². The summed E-state index contributed by atoms with van der Waals surface area (Å²) >= 11 is 0. The minimum atomic E-state index is -0.248. The van der Waals surface area contributed by atoms with Crippen molar-refractivity contribution in [2.24, 2.45) is 0 Å². The van der Waals surface area contributed by atoms with Crippen LogP contribution in [0.4, 0.5) is 9.18 Å². The lowest BCUT2D eigenvalue weighted by Gasteiger charge is -2.37. The molecule has 0 radical (unpaired) electrons. The maximum absolute atomic E-state index is 12.8. The van der Waals surface area contributed by atoms with Crippen LogP contribution in [0.3, 0.4) is 0 Å². The molecule has 2 aliphatic rings. The number of likely N-dealkylation sites (tertiary alicyclic amines) is 1. The molecule has 1 aromatic rings. The average molecular weight is 321 g/mol. The zero-order valence-electron chi connectivity index (χ0n) is 13.3. The molecular weight excluding hydrogens is 297 g/mol. The van der Waals surface area contributed by atoms with Crippen LogP contribution in [0.5, 0.6) is 5.75 Å². The summed E-state index contributed by atoms with van der Waals surface area (Å²) in [6.45, 7) is 5.21. The van der Waals surface area contributed by atoms with Gasteiger partial charge in [-0.15, -0.1) is 0 Å². The van der Waals surface area contributed by atoms with Gasteiger partial charge in [-0.05, 0) is 50.1 Å². The van der Waals surface area contributed by atoms with Crippen LogP contribution in [-0.4, -0.2) is 61.2 Å². The highest BCUT2D eigenvalue weighted by molar-refractivity contribution is 5.76. The highest BCUT2D eigenvalue weighted by Gasteiger charge is 2.30. The molecule has 1 N–H and O–H groups in total. The van der Waals surface area contributed by atoms with Gasteiger partial charge in [-0.25, -0.2) is 9.18 Å². The first-order valence-electron chi connectivity index (χ1n) is 8.37. The third kappa shape index (κ3) is 4.34. The molecule has 2 aliphatic heterocycles. The monoisotopic (exact) mass is 321 g/mol. The molecule has 0 aromatic heterocycles. The Morgan fingerprint density at radius 3 is 2.83 bits per heavy atom. The molecule has 3 rings (SSSR count). The molecule has 1 atom stereocenters. The van der Waals surface area contributed by atoms with Gasteiger partial charge in [0.2, 0.25) is 0 Å². The lowest BCUT2D eigenvalue weighted by Crippen LogP contribution is -2.49. The molecule has 23 heavy (non-hydrogen) atoms. The van der Waals surface area contributed by atoms with E-state index in [2.05, 4.69) is 10.2 Å². The highest BCUT2D eigenvalue weighted by Crippen LogP contribution is 2.18. The first-order valence-corrected chi connectivity index (χ1v) is 8.37. The van der Waals surface area contributed by atoms with Crippen LogP contribution in [0, 0.1) is 5.82 Å². The summed E-state index contributed by atoms with van der Waals surface area (Å²) in [7, 11) is 0. The zero-order chi connectivity index (χ0) is 16.1. The summed E-state index contributed by atoms with van der Waals surface area (Å²) in [6.07, 6.45) is 3.15. The first-order chi connectivity index (χ1) is 11.2. The Kier molecular flexibility index (Phi) is 5.33. The SMILES string of the molecule is O=C1NCCN1[C@@H]1CCCN(CCCOc2ccc(F)cc2)C1. The van der Waals surface area contributed by atoms with E-state index in [0.717, 1.165) is 52.0 Å². The molecule has 2 fully saturated rings. The molecule has 1 aromatic carbocycles. The molecule has 6 heteroatoms. The number of carbonyl (C=O) groups is 1. The summed E-state index contributed by atoms with van der Waals surface area (Å²) in [5.41, 5.74) is 0. The molecule has 2 heterocycles. The number of carbonyl (C=O) groups excluding carboxylic acids is 1. The van der Waals surface area contributed by atoms with Crippen molar-refractivity contribution in [2.45, 2.75) is 25.3 Å². The number of nitrogens with zero attached hydrogens (tertiary/aromatic N) is 2. The van der Waals surface area contributed by atoms with E-state index in [0.29, 0.717) is 18.4 Å². The topological polar surface area (TPSA) is 44.8 Å². The molecule has 0 aliphatic carbocycles. The number of amides is 2. The Hall–Kier alpha value is -1.82. The van der Waals surface area contributed by atoms with Crippen molar-refractivity contribution in [1.29, 1.82) is 0 Å². The maximum Gasteiger partial charge on any atom is 0.317 e. The van der Waals surface area contributed by atoms with Crippen LogP contribution in [-0.2, 0) is 0 Å². The predicted molar refractivity (Wildman–Crippen MR) is 86.1 cm³/mol. The van der Waals surface area contributed by atoms with Gasteiger partial charge in [-0.3, -0.25) is 0 Å². The minimum absolute atomic E-state index is 0.0801. The van der Waals surface area contributed by atoms with Crippen molar-refractivity contribution in [1.82, 2.24) is 15.1 Å². The van der Waals surface area contributed by atoms with Crippen LogP contribution < -0.4 is 10.1 Å². The van der Waals surface area contributed by atoms with Crippen LogP contribution in [0.25, 0.3) is 0 Å². The van der Waals surface area contributed by atoms with Crippen molar-refractivity contribution >= 4 is 6.03 Å². The summed E-state index contributed by atoms with van der Waals surface area (Å²) in [6, 6.07) is 6.54. The van der Waals surface area contributed by atoms with Gasteiger partial charge in [-0.1, -0.05) is 0 Å². The lowest BCUT2D eigenvalue weighted by molar-refractivity contribution is 0.121. The second-order valence-corrected chi connectivity index (χ2v) is 6.18. The number of nitrogens with one attached hydrogen (secondary N) is 1. The second-order valence-electron chi connectivity index (χ2n) is 6.18. The van der Waals surface area contributed by atoms with E-state index in [4.69, 9.17) is 4.74 Å². The normalized spacial score (nSPS) is 22.2. The summed E-state index contributed by atoms with van der Waals surface area (Å²) < 4.78 is 18.4. The van der Waals surface area contributed by atoms with Crippen LogP contribution in [0.15, 0.2) is 24.3 Å². The Morgan fingerprint density at radius 1 is 1.26 bits per heavy atom. The number of urea groups is 1. The Morgan fingerprint density at radius 2 is 2.09 bits per heavy atom.